The zero-order valence-electron chi connectivity index (χ0n) is 12.6. The lowest BCUT2D eigenvalue weighted by molar-refractivity contribution is -0.137. The minimum atomic E-state index is -4.38. The van der Waals surface area contributed by atoms with Crippen molar-refractivity contribution in [1.82, 2.24) is 4.98 Å². The largest absolute Gasteiger partial charge is 0.417 e. The summed E-state index contributed by atoms with van der Waals surface area (Å²) in [7, 11) is 0. The lowest BCUT2D eigenvalue weighted by atomic mass is 10.0. The van der Waals surface area contributed by atoms with Crippen molar-refractivity contribution in [3.8, 4) is 0 Å². The summed E-state index contributed by atoms with van der Waals surface area (Å²) < 4.78 is 37.4. The number of hydrazone groups is 1. The minimum Gasteiger partial charge on any atom is -0.261 e. The molecule has 1 aromatic carbocycles. The first kappa shape index (κ1) is 15.5. The monoisotopic (exact) mass is 319 g/mol. The number of aryl methyl sites for hydroxylation is 2. The van der Waals surface area contributed by atoms with Crippen molar-refractivity contribution >= 4 is 11.5 Å². The van der Waals surface area contributed by atoms with E-state index in [1.165, 1.54) is 23.6 Å². The molecule has 0 aliphatic heterocycles. The summed E-state index contributed by atoms with van der Waals surface area (Å²) in [6.45, 7) is 1.85. The lowest BCUT2D eigenvalue weighted by Gasteiger charge is -2.08. The highest BCUT2D eigenvalue weighted by Gasteiger charge is 2.30. The van der Waals surface area contributed by atoms with Crippen LogP contribution in [-0.2, 0) is 19.0 Å². The van der Waals surface area contributed by atoms with Crippen molar-refractivity contribution in [2.75, 3.05) is 5.43 Å². The number of pyridine rings is 1. The Morgan fingerprint density at radius 1 is 1.13 bits per heavy atom. The smallest absolute Gasteiger partial charge is 0.261 e. The van der Waals surface area contributed by atoms with Crippen LogP contribution in [0.2, 0.25) is 0 Å². The van der Waals surface area contributed by atoms with Crippen LogP contribution in [0.4, 0.5) is 19.0 Å². The standard InChI is InChI=1S/C17H16F3N3/c1-11(13-6-5-12-3-2-4-14(12)9-13)22-23-16-8-7-15(10-21-16)17(18,19)20/h5-10H,2-4H2,1H3,(H,21,23)/b22-11-. The number of benzene rings is 1. The fourth-order valence-corrected chi connectivity index (χ4v) is 2.63. The van der Waals surface area contributed by atoms with Crippen molar-refractivity contribution < 1.29 is 13.2 Å². The van der Waals surface area contributed by atoms with Crippen LogP contribution >= 0.6 is 0 Å². The topological polar surface area (TPSA) is 37.3 Å². The molecule has 0 spiro atoms. The van der Waals surface area contributed by atoms with Gasteiger partial charge in [0.05, 0.1) is 11.3 Å². The quantitative estimate of drug-likeness (QED) is 0.671. The van der Waals surface area contributed by atoms with Crippen LogP contribution in [0.15, 0.2) is 41.6 Å². The molecular formula is C17H16F3N3. The van der Waals surface area contributed by atoms with Crippen molar-refractivity contribution in [1.29, 1.82) is 0 Å². The highest BCUT2D eigenvalue weighted by atomic mass is 19.4. The average Bonchev–Trinajstić information content (AvgIpc) is 2.99. The summed E-state index contributed by atoms with van der Waals surface area (Å²) >= 11 is 0. The third-order valence-electron chi connectivity index (χ3n) is 3.95. The molecule has 3 rings (SSSR count). The second-order valence-corrected chi connectivity index (χ2v) is 5.58. The summed E-state index contributed by atoms with van der Waals surface area (Å²) in [4.78, 5) is 3.73. The number of aromatic nitrogens is 1. The van der Waals surface area contributed by atoms with E-state index in [0.717, 1.165) is 36.4 Å². The molecule has 0 bridgehead atoms. The maximum atomic E-state index is 12.5. The van der Waals surface area contributed by atoms with Gasteiger partial charge in [-0.15, -0.1) is 0 Å². The second-order valence-electron chi connectivity index (χ2n) is 5.58. The first-order valence-corrected chi connectivity index (χ1v) is 7.39. The number of fused-ring (bicyclic) bond motifs is 1. The number of nitrogens with one attached hydrogen (secondary N) is 1. The number of hydrogen-bond donors (Lipinski definition) is 1. The van der Waals surface area contributed by atoms with Gasteiger partial charge in [-0.25, -0.2) is 4.98 Å². The van der Waals surface area contributed by atoms with E-state index in [1.807, 2.05) is 13.0 Å². The predicted octanol–water partition coefficient (Wildman–Crippen LogP) is 4.43. The van der Waals surface area contributed by atoms with Gasteiger partial charge >= 0.3 is 6.18 Å². The van der Waals surface area contributed by atoms with Crippen LogP contribution in [0.3, 0.4) is 0 Å². The average molecular weight is 319 g/mol. The van der Waals surface area contributed by atoms with E-state index in [1.54, 1.807) is 0 Å². The molecule has 0 amide bonds. The van der Waals surface area contributed by atoms with E-state index in [-0.39, 0.29) is 5.82 Å². The van der Waals surface area contributed by atoms with Crippen LogP contribution in [0.5, 0.6) is 0 Å². The highest BCUT2D eigenvalue weighted by molar-refractivity contribution is 5.99. The first-order valence-electron chi connectivity index (χ1n) is 7.39. The van der Waals surface area contributed by atoms with Gasteiger partial charge in [-0.3, -0.25) is 5.43 Å². The molecule has 0 saturated heterocycles. The molecule has 1 aromatic heterocycles. The molecule has 3 nitrogen and oxygen atoms in total. The maximum absolute atomic E-state index is 12.5. The third kappa shape index (κ3) is 3.52. The van der Waals surface area contributed by atoms with Crippen LogP contribution in [-0.4, -0.2) is 10.7 Å². The van der Waals surface area contributed by atoms with Crippen LogP contribution in [0.25, 0.3) is 0 Å². The Morgan fingerprint density at radius 3 is 2.61 bits per heavy atom. The normalized spacial score (nSPS) is 14.7. The number of alkyl halides is 3. The van der Waals surface area contributed by atoms with Crippen molar-refractivity contribution in [3.63, 3.8) is 0 Å². The SMILES string of the molecule is C/C(=N/Nc1ccc(C(F)(F)F)cn1)c1ccc2c(c1)CCC2. The maximum Gasteiger partial charge on any atom is 0.417 e. The molecule has 1 aliphatic rings. The molecule has 0 radical (unpaired) electrons. The Kier molecular flexibility index (Phi) is 4.07. The van der Waals surface area contributed by atoms with E-state index in [0.29, 0.717) is 0 Å². The molecule has 0 atom stereocenters. The number of hydrogen-bond acceptors (Lipinski definition) is 3. The highest BCUT2D eigenvalue weighted by Crippen LogP contribution is 2.29. The molecule has 1 heterocycles. The Balaban J connectivity index is 1.72. The molecule has 1 N–H and O–H groups in total. The van der Waals surface area contributed by atoms with E-state index < -0.39 is 11.7 Å². The fraction of sp³-hybridized carbons (Fsp3) is 0.294. The minimum absolute atomic E-state index is 0.276. The molecule has 0 saturated carbocycles. The van der Waals surface area contributed by atoms with Crippen molar-refractivity contribution in [3.05, 3.63) is 58.8 Å². The third-order valence-corrected chi connectivity index (χ3v) is 3.95. The first-order chi connectivity index (χ1) is 10.9. The lowest BCUT2D eigenvalue weighted by Crippen LogP contribution is -2.06. The van der Waals surface area contributed by atoms with Gasteiger partial charge in [0, 0.05) is 6.20 Å². The Bertz CT molecular complexity index is 734. The van der Waals surface area contributed by atoms with E-state index in [9.17, 15) is 13.2 Å². The molecule has 0 unspecified atom stereocenters. The molecule has 23 heavy (non-hydrogen) atoms. The summed E-state index contributed by atoms with van der Waals surface area (Å²) in [5, 5.41) is 4.20. The second kappa shape index (κ2) is 6.02. The molecule has 0 fully saturated rings. The van der Waals surface area contributed by atoms with E-state index >= 15 is 0 Å². The van der Waals surface area contributed by atoms with Gasteiger partial charge in [-0.1, -0.05) is 12.1 Å². The number of rotatable bonds is 3. The number of halogens is 3. The van der Waals surface area contributed by atoms with Crippen LogP contribution in [0.1, 0.15) is 35.6 Å². The predicted molar refractivity (Wildman–Crippen MR) is 83.5 cm³/mol. The van der Waals surface area contributed by atoms with Crippen LogP contribution < -0.4 is 5.43 Å². The fourth-order valence-electron chi connectivity index (χ4n) is 2.63. The van der Waals surface area contributed by atoms with E-state index in [2.05, 4.69) is 27.6 Å². The molecule has 1 aliphatic carbocycles. The molecule has 6 heteroatoms. The summed E-state index contributed by atoms with van der Waals surface area (Å²) in [6, 6.07) is 8.51. The number of nitrogens with zero attached hydrogens (tertiary/aromatic N) is 2. The van der Waals surface area contributed by atoms with E-state index in [4.69, 9.17) is 0 Å². The van der Waals surface area contributed by atoms with Crippen molar-refractivity contribution in [2.24, 2.45) is 5.10 Å². The van der Waals surface area contributed by atoms with Gasteiger partial charge in [0.2, 0.25) is 0 Å². The molecule has 2 aromatic rings. The Hall–Kier alpha value is -2.37. The summed E-state index contributed by atoms with van der Waals surface area (Å²) in [5.74, 6) is 0.276. The van der Waals surface area contributed by atoms with Crippen molar-refractivity contribution in [2.45, 2.75) is 32.4 Å². The van der Waals surface area contributed by atoms with Gasteiger partial charge in [0.25, 0.3) is 0 Å². The van der Waals surface area contributed by atoms with Gasteiger partial charge in [-0.2, -0.15) is 18.3 Å². The van der Waals surface area contributed by atoms with Gasteiger partial charge in [0.15, 0.2) is 0 Å². The number of anilines is 1. The molecule has 120 valence electrons. The molecular weight excluding hydrogens is 303 g/mol. The van der Waals surface area contributed by atoms with Crippen LogP contribution in [0, 0.1) is 0 Å². The summed E-state index contributed by atoms with van der Waals surface area (Å²) in [6.07, 6.45) is -0.190. The Labute approximate surface area is 132 Å². The zero-order valence-corrected chi connectivity index (χ0v) is 12.6. The van der Waals surface area contributed by atoms with Gasteiger partial charge in [-0.05, 0) is 61.1 Å². The van der Waals surface area contributed by atoms with Gasteiger partial charge < -0.3 is 0 Å². The summed E-state index contributed by atoms with van der Waals surface area (Å²) in [5.41, 5.74) is 6.43. The zero-order chi connectivity index (χ0) is 16.4. The van der Waals surface area contributed by atoms with Gasteiger partial charge in [0.1, 0.15) is 5.82 Å². The Morgan fingerprint density at radius 2 is 1.91 bits per heavy atom.